The molecule has 0 saturated heterocycles. The van der Waals surface area contributed by atoms with Gasteiger partial charge in [0.05, 0.1) is 12.1 Å². The van der Waals surface area contributed by atoms with Crippen LogP contribution in [0.15, 0.2) is 84.9 Å². The van der Waals surface area contributed by atoms with Crippen LogP contribution in [0.5, 0.6) is 5.75 Å². The third-order valence-corrected chi connectivity index (χ3v) is 6.53. The molecule has 5 rings (SSSR count). The summed E-state index contributed by atoms with van der Waals surface area (Å²) in [5, 5.41) is 13.3. The number of benzene rings is 4. The molecule has 4 nitrogen and oxygen atoms in total. The number of carbonyl (C=O) groups is 1. The van der Waals surface area contributed by atoms with Crippen molar-refractivity contribution in [3.63, 3.8) is 0 Å². The summed E-state index contributed by atoms with van der Waals surface area (Å²) in [6, 6.07) is 28.6. The lowest BCUT2D eigenvalue weighted by Gasteiger charge is -2.10. The largest absolute Gasteiger partial charge is 0.493 e. The number of hydrogen-bond acceptors (Lipinski definition) is 2. The molecule has 0 aliphatic heterocycles. The van der Waals surface area contributed by atoms with Crippen LogP contribution in [-0.2, 0) is 13.5 Å². The number of fused-ring (bicyclic) bond motifs is 2. The summed E-state index contributed by atoms with van der Waals surface area (Å²) in [5.41, 5.74) is 5.51. The van der Waals surface area contributed by atoms with Gasteiger partial charge in [-0.3, -0.25) is 0 Å². The number of nitrogens with zero attached hydrogens (tertiary/aromatic N) is 1. The van der Waals surface area contributed by atoms with Crippen LogP contribution in [0, 0.1) is 6.92 Å². The number of aryl methyl sites for hydroxylation is 3. The lowest BCUT2D eigenvalue weighted by molar-refractivity contribution is 0.0685. The fraction of sp³-hybridized carbons (Fsp3) is 0.167. The van der Waals surface area contributed by atoms with E-state index in [4.69, 9.17) is 4.74 Å². The van der Waals surface area contributed by atoms with Crippen LogP contribution in [0.1, 0.15) is 28.0 Å². The van der Waals surface area contributed by atoms with E-state index in [0.717, 1.165) is 56.1 Å². The van der Waals surface area contributed by atoms with Gasteiger partial charge in [0.15, 0.2) is 0 Å². The van der Waals surface area contributed by atoms with Crippen molar-refractivity contribution in [2.45, 2.75) is 19.8 Å². The quantitative estimate of drug-likeness (QED) is 0.272. The van der Waals surface area contributed by atoms with Crippen LogP contribution in [-0.4, -0.2) is 22.2 Å². The summed E-state index contributed by atoms with van der Waals surface area (Å²) in [6.45, 7) is 2.60. The molecule has 1 heterocycles. The molecule has 34 heavy (non-hydrogen) atoms. The second-order valence-corrected chi connectivity index (χ2v) is 8.64. The number of ether oxygens (including phenoxy) is 1. The Kier molecular flexibility index (Phi) is 5.81. The minimum atomic E-state index is -0.903. The summed E-state index contributed by atoms with van der Waals surface area (Å²) in [4.78, 5) is 12.3. The first-order valence-electron chi connectivity index (χ1n) is 11.6. The van der Waals surface area contributed by atoms with Crippen LogP contribution >= 0.6 is 0 Å². The van der Waals surface area contributed by atoms with Gasteiger partial charge in [-0.1, -0.05) is 78.9 Å². The summed E-state index contributed by atoms with van der Waals surface area (Å²) >= 11 is 0. The van der Waals surface area contributed by atoms with Crippen molar-refractivity contribution >= 4 is 27.6 Å². The van der Waals surface area contributed by atoms with Crippen molar-refractivity contribution in [3.8, 4) is 16.9 Å². The summed E-state index contributed by atoms with van der Waals surface area (Å²) < 4.78 is 7.95. The van der Waals surface area contributed by atoms with Crippen LogP contribution in [0.2, 0.25) is 0 Å². The first-order chi connectivity index (χ1) is 16.6. The first-order valence-corrected chi connectivity index (χ1v) is 11.6. The summed E-state index contributed by atoms with van der Waals surface area (Å²) in [6.07, 6.45) is 1.35. The number of aromatic nitrogens is 1. The van der Waals surface area contributed by atoms with E-state index >= 15 is 0 Å². The van der Waals surface area contributed by atoms with E-state index in [1.165, 1.54) is 0 Å². The highest BCUT2D eigenvalue weighted by Crippen LogP contribution is 2.36. The predicted octanol–water partition coefficient (Wildman–Crippen LogP) is 7.02. The van der Waals surface area contributed by atoms with Gasteiger partial charge in [0.25, 0.3) is 0 Å². The fourth-order valence-corrected chi connectivity index (χ4v) is 4.96. The molecule has 0 atom stereocenters. The smallest absolute Gasteiger partial charge is 0.352 e. The summed E-state index contributed by atoms with van der Waals surface area (Å²) in [5.74, 6) is -0.0456. The van der Waals surface area contributed by atoms with Gasteiger partial charge in [-0.2, -0.15) is 0 Å². The molecule has 4 aromatic carbocycles. The molecule has 0 unspecified atom stereocenters. The molecular formula is C30H27NO3. The standard InChI is InChI=1S/C30H27NO3/c1-20-10-3-5-13-22(20)24-15-8-16-25-26(29(30(32)33)31(2)28(24)25)17-9-19-34-27-18-7-12-21-11-4-6-14-23(21)27/h3-8,10-16,18H,9,17,19H2,1-2H3,(H,32,33). The Balaban J connectivity index is 1.46. The lowest BCUT2D eigenvalue weighted by Crippen LogP contribution is -2.08. The van der Waals surface area contributed by atoms with Crippen molar-refractivity contribution in [3.05, 3.63) is 102 Å². The molecule has 0 fully saturated rings. The second kappa shape index (κ2) is 9.06. The predicted molar refractivity (Wildman–Crippen MR) is 138 cm³/mol. The zero-order valence-electron chi connectivity index (χ0n) is 19.4. The van der Waals surface area contributed by atoms with E-state index in [-0.39, 0.29) is 0 Å². The topological polar surface area (TPSA) is 51.5 Å². The number of carboxylic acids is 1. The van der Waals surface area contributed by atoms with E-state index in [2.05, 4.69) is 43.3 Å². The second-order valence-electron chi connectivity index (χ2n) is 8.64. The minimum Gasteiger partial charge on any atom is -0.493 e. The summed E-state index contributed by atoms with van der Waals surface area (Å²) in [7, 11) is 1.85. The van der Waals surface area contributed by atoms with Gasteiger partial charge >= 0.3 is 5.97 Å². The number of para-hydroxylation sites is 1. The highest BCUT2D eigenvalue weighted by molar-refractivity contribution is 6.04. The molecule has 0 aliphatic carbocycles. The molecule has 1 N–H and O–H groups in total. The Bertz CT molecular complexity index is 1510. The van der Waals surface area contributed by atoms with Crippen LogP contribution in [0.3, 0.4) is 0 Å². The van der Waals surface area contributed by atoms with Gasteiger partial charge in [0, 0.05) is 23.4 Å². The van der Waals surface area contributed by atoms with Crippen LogP contribution in [0.25, 0.3) is 32.8 Å². The number of hydrogen-bond donors (Lipinski definition) is 1. The van der Waals surface area contributed by atoms with Gasteiger partial charge in [-0.05, 0) is 47.9 Å². The average molecular weight is 450 g/mol. The molecular weight excluding hydrogens is 422 g/mol. The average Bonchev–Trinajstić information content (AvgIpc) is 3.14. The number of rotatable bonds is 7. The molecule has 170 valence electrons. The number of carboxylic acid groups (broad SMARTS) is 1. The molecule has 4 heteroatoms. The normalized spacial score (nSPS) is 11.2. The molecule has 0 radical (unpaired) electrons. The van der Waals surface area contributed by atoms with Crippen LogP contribution in [0.4, 0.5) is 0 Å². The lowest BCUT2D eigenvalue weighted by atomic mass is 9.97. The van der Waals surface area contributed by atoms with Gasteiger partial charge in [-0.25, -0.2) is 4.79 Å². The first kappa shape index (κ1) is 21.8. The van der Waals surface area contributed by atoms with Crippen LogP contribution < -0.4 is 4.74 Å². The zero-order chi connectivity index (χ0) is 23.7. The van der Waals surface area contributed by atoms with E-state index < -0.39 is 5.97 Å². The van der Waals surface area contributed by atoms with Gasteiger partial charge < -0.3 is 14.4 Å². The van der Waals surface area contributed by atoms with Crippen molar-refractivity contribution in [1.29, 1.82) is 0 Å². The Morgan fingerprint density at radius 3 is 2.35 bits per heavy atom. The van der Waals surface area contributed by atoms with Crippen molar-refractivity contribution < 1.29 is 14.6 Å². The molecule has 0 spiro atoms. The van der Waals surface area contributed by atoms with Gasteiger partial charge in [-0.15, -0.1) is 0 Å². The SMILES string of the molecule is Cc1ccccc1-c1cccc2c(CCCOc3cccc4ccccc34)c(C(=O)O)n(C)c12. The third kappa shape index (κ3) is 3.81. The Hall–Kier alpha value is -4.05. The van der Waals surface area contributed by atoms with E-state index in [1.807, 2.05) is 60.1 Å². The third-order valence-electron chi connectivity index (χ3n) is 6.53. The highest BCUT2D eigenvalue weighted by atomic mass is 16.5. The number of aromatic carboxylic acids is 1. The molecule has 0 saturated carbocycles. The molecule has 0 bridgehead atoms. The Labute approximate surface area is 199 Å². The maximum atomic E-state index is 12.3. The van der Waals surface area contributed by atoms with Crippen molar-refractivity contribution in [1.82, 2.24) is 4.57 Å². The van der Waals surface area contributed by atoms with Gasteiger partial charge in [0.1, 0.15) is 11.4 Å². The monoisotopic (exact) mass is 449 g/mol. The zero-order valence-corrected chi connectivity index (χ0v) is 19.4. The van der Waals surface area contributed by atoms with E-state index in [9.17, 15) is 9.90 Å². The van der Waals surface area contributed by atoms with Gasteiger partial charge in [0.2, 0.25) is 0 Å². The minimum absolute atomic E-state index is 0.348. The molecule has 1 aromatic heterocycles. The Morgan fingerprint density at radius 2 is 1.53 bits per heavy atom. The molecule has 5 aromatic rings. The Morgan fingerprint density at radius 1 is 0.853 bits per heavy atom. The van der Waals surface area contributed by atoms with E-state index in [0.29, 0.717) is 18.7 Å². The maximum absolute atomic E-state index is 12.3. The van der Waals surface area contributed by atoms with Crippen molar-refractivity contribution in [2.75, 3.05) is 6.61 Å². The van der Waals surface area contributed by atoms with E-state index in [1.54, 1.807) is 0 Å². The maximum Gasteiger partial charge on any atom is 0.352 e. The fourth-order valence-electron chi connectivity index (χ4n) is 4.96. The molecule has 0 aliphatic rings. The highest BCUT2D eigenvalue weighted by Gasteiger charge is 2.22. The molecule has 0 amide bonds. The van der Waals surface area contributed by atoms with Crippen molar-refractivity contribution in [2.24, 2.45) is 7.05 Å².